The number of nitrogens with two attached hydrogens (primary N) is 1. The van der Waals surface area contributed by atoms with Crippen molar-refractivity contribution in [2.24, 2.45) is 11.7 Å². The summed E-state index contributed by atoms with van der Waals surface area (Å²) in [5, 5.41) is 1.18. The molecule has 2 aliphatic carbocycles. The first-order valence-corrected chi connectivity index (χ1v) is 8.76. The predicted molar refractivity (Wildman–Crippen MR) is 84.9 cm³/mol. The molecule has 4 rings (SSSR count). The quantitative estimate of drug-likeness (QED) is 0.946. The Morgan fingerprint density at radius 3 is 2.90 bits per heavy atom. The average Bonchev–Trinajstić information content (AvgIpc) is 3.07. The van der Waals surface area contributed by atoms with E-state index in [1.54, 1.807) is 6.33 Å². The number of aryl methyl sites for hydroxylation is 2. The van der Waals surface area contributed by atoms with Gasteiger partial charge in [0.2, 0.25) is 5.88 Å². The molecule has 0 amide bonds. The van der Waals surface area contributed by atoms with E-state index in [4.69, 9.17) is 10.5 Å². The summed E-state index contributed by atoms with van der Waals surface area (Å²) in [4.78, 5) is 11.4. The van der Waals surface area contributed by atoms with Gasteiger partial charge < -0.3 is 10.5 Å². The first-order chi connectivity index (χ1) is 10.3. The van der Waals surface area contributed by atoms with Gasteiger partial charge in [0.15, 0.2) is 0 Å². The molecule has 112 valence electrons. The zero-order valence-corrected chi connectivity index (χ0v) is 13.0. The molecule has 0 aromatic carbocycles. The SMILES string of the molecule is NC1CCC(COc2ncnc3sc4c(c23)CCC4)CC1. The number of hydrogen-bond donors (Lipinski definition) is 1. The van der Waals surface area contributed by atoms with Gasteiger partial charge in [-0.05, 0) is 56.4 Å². The monoisotopic (exact) mass is 303 g/mol. The summed E-state index contributed by atoms with van der Waals surface area (Å²) < 4.78 is 6.09. The Hall–Kier alpha value is -1.20. The maximum Gasteiger partial charge on any atom is 0.225 e. The Morgan fingerprint density at radius 1 is 1.19 bits per heavy atom. The third-order valence-electron chi connectivity index (χ3n) is 4.81. The third-order valence-corrected chi connectivity index (χ3v) is 6.01. The molecule has 0 bridgehead atoms. The summed E-state index contributed by atoms with van der Waals surface area (Å²) in [5.41, 5.74) is 7.41. The third kappa shape index (κ3) is 2.53. The van der Waals surface area contributed by atoms with Crippen LogP contribution in [0.2, 0.25) is 0 Å². The lowest BCUT2D eigenvalue weighted by molar-refractivity contribution is 0.197. The van der Waals surface area contributed by atoms with E-state index in [1.807, 2.05) is 11.3 Å². The Labute approximate surface area is 128 Å². The lowest BCUT2D eigenvalue weighted by atomic mass is 9.87. The Morgan fingerprint density at radius 2 is 2.05 bits per heavy atom. The van der Waals surface area contributed by atoms with Crippen molar-refractivity contribution in [3.8, 4) is 5.88 Å². The van der Waals surface area contributed by atoms with Crippen molar-refractivity contribution in [2.75, 3.05) is 6.61 Å². The second-order valence-electron chi connectivity index (χ2n) is 6.31. The fourth-order valence-electron chi connectivity index (χ4n) is 3.56. The van der Waals surface area contributed by atoms with Crippen LogP contribution in [0, 0.1) is 5.92 Å². The number of nitrogens with zero attached hydrogens (tertiary/aromatic N) is 2. The van der Waals surface area contributed by atoms with Crippen LogP contribution in [0.25, 0.3) is 10.2 Å². The summed E-state index contributed by atoms with van der Waals surface area (Å²) in [6.45, 7) is 0.767. The van der Waals surface area contributed by atoms with Gasteiger partial charge in [0, 0.05) is 10.9 Å². The second-order valence-corrected chi connectivity index (χ2v) is 7.39. The minimum absolute atomic E-state index is 0.396. The summed E-state index contributed by atoms with van der Waals surface area (Å²) in [6, 6.07) is 0.396. The van der Waals surface area contributed by atoms with Crippen LogP contribution in [0.5, 0.6) is 5.88 Å². The van der Waals surface area contributed by atoms with E-state index in [0.717, 1.165) is 36.6 Å². The lowest BCUT2D eigenvalue weighted by Gasteiger charge is -2.25. The van der Waals surface area contributed by atoms with Gasteiger partial charge in [-0.1, -0.05) is 0 Å². The summed E-state index contributed by atoms with van der Waals surface area (Å²) in [5.74, 6) is 1.43. The number of rotatable bonds is 3. The molecule has 2 aromatic rings. The molecule has 0 aliphatic heterocycles. The molecule has 4 nitrogen and oxygen atoms in total. The first-order valence-electron chi connectivity index (χ1n) is 7.95. The molecule has 2 N–H and O–H groups in total. The summed E-state index contributed by atoms with van der Waals surface area (Å²) >= 11 is 1.81. The normalized spacial score (nSPS) is 25.2. The Kier molecular flexibility index (Phi) is 3.55. The van der Waals surface area contributed by atoms with Crippen molar-refractivity contribution in [1.29, 1.82) is 0 Å². The van der Waals surface area contributed by atoms with Crippen molar-refractivity contribution >= 4 is 21.6 Å². The maximum atomic E-state index is 6.09. The summed E-state index contributed by atoms with van der Waals surface area (Å²) in [7, 11) is 0. The molecule has 2 aliphatic rings. The molecule has 1 saturated carbocycles. The van der Waals surface area contributed by atoms with E-state index in [2.05, 4.69) is 9.97 Å². The van der Waals surface area contributed by atoms with E-state index in [0.29, 0.717) is 12.0 Å². The topological polar surface area (TPSA) is 61.0 Å². The van der Waals surface area contributed by atoms with Crippen LogP contribution < -0.4 is 10.5 Å². The standard InChI is InChI=1S/C16H21N3OS/c17-11-6-4-10(5-7-11)8-20-15-14-12-2-1-3-13(12)21-16(14)19-9-18-15/h9-11H,1-8,17H2. The number of aromatic nitrogens is 2. The second kappa shape index (κ2) is 5.54. The van der Waals surface area contributed by atoms with Gasteiger partial charge in [-0.15, -0.1) is 11.3 Å². The number of thiophene rings is 1. The van der Waals surface area contributed by atoms with E-state index < -0.39 is 0 Å². The first kappa shape index (κ1) is 13.5. The fourth-order valence-corrected chi connectivity index (χ4v) is 4.78. The Balaban J connectivity index is 1.54. The van der Waals surface area contributed by atoms with Gasteiger partial charge in [-0.2, -0.15) is 0 Å². The molecule has 5 heteroatoms. The van der Waals surface area contributed by atoms with E-state index >= 15 is 0 Å². The average molecular weight is 303 g/mol. The van der Waals surface area contributed by atoms with Crippen LogP contribution in [-0.4, -0.2) is 22.6 Å². The molecule has 0 spiro atoms. The molecule has 2 aromatic heterocycles. The predicted octanol–water partition coefficient (Wildman–Crippen LogP) is 3.08. The van der Waals surface area contributed by atoms with Crippen molar-refractivity contribution < 1.29 is 4.74 Å². The fraction of sp³-hybridized carbons (Fsp3) is 0.625. The van der Waals surface area contributed by atoms with E-state index in [1.165, 1.54) is 41.5 Å². The highest BCUT2D eigenvalue weighted by atomic mass is 32.1. The van der Waals surface area contributed by atoms with Gasteiger partial charge >= 0.3 is 0 Å². The molecule has 21 heavy (non-hydrogen) atoms. The smallest absolute Gasteiger partial charge is 0.225 e. The molecule has 1 fully saturated rings. The van der Waals surface area contributed by atoms with Gasteiger partial charge in [0.05, 0.1) is 12.0 Å². The number of ether oxygens (including phenoxy) is 1. The van der Waals surface area contributed by atoms with Crippen LogP contribution >= 0.6 is 11.3 Å². The van der Waals surface area contributed by atoms with Crippen molar-refractivity contribution in [3.63, 3.8) is 0 Å². The molecule has 0 unspecified atom stereocenters. The van der Waals surface area contributed by atoms with E-state index in [-0.39, 0.29) is 0 Å². The van der Waals surface area contributed by atoms with Crippen LogP contribution in [-0.2, 0) is 12.8 Å². The minimum Gasteiger partial charge on any atom is -0.477 e. The van der Waals surface area contributed by atoms with E-state index in [9.17, 15) is 0 Å². The highest BCUT2D eigenvalue weighted by Crippen LogP contribution is 2.40. The zero-order valence-electron chi connectivity index (χ0n) is 12.2. The Bertz CT molecular complexity index is 646. The molecular weight excluding hydrogens is 282 g/mol. The van der Waals surface area contributed by atoms with Crippen LogP contribution in [0.15, 0.2) is 6.33 Å². The van der Waals surface area contributed by atoms with Crippen LogP contribution in [0.3, 0.4) is 0 Å². The molecule has 2 heterocycles. The lowest BCUT2D eigenvalue weighted by Crippen LogP contribution is -2.28. The number of hydrogen-bond acceptors (Lipinski definition) is 5. The van der Waals surface area contributed by atoms with Gasteiger partial charge in [-0.25, -0.2) is 9.97 Å². The highest BCUT2D eigenvalue weighted by molar-refractivity contribution is 7.18. The minimum atomic E-state index is 0.396. The van der Waals surface area contributed by atoms with Crippen LogP contribution in [0.1, 0.15) is 42.5 Å². The van der Waals surface area contributed by atoms with Crippen molar-refractivity contribution in [2.45, 2.75) is 51.0 Å². The highest BCUT2D eigenvalue weighted by Gasteiger charge is 2.23. The van der Waals surface area contributed by atoms with Gasteiger partial charge in [0.25, 0.3) is 0 Å². The molecule has 0 radical (unpaired) electrons. The van der Waals surface area contributed by atoms with Crippen molar-refractivity contribution in [3.05, 3.63) is 16.8 Å². The number of fused-ring (bicyclic) bond motifs is 3. The molecule has 0 atom stereocenters. The zero-order chi connectivity index (χ0) is 14.2. The largest absolute Gasteiger partial charge is 0.477 e. The molecule has 0 saturated heterocycles. The maximum absolute atomic E-state index is 6.09. The molecular formula is C16H21N3OS. The van der Waals surface area contributed by atoms with Crippen molar-refractivity contribution in [1.82, 2.24) is 9.97 Å². The van der Waals surface area contributed by atoms with Crippen LogP contribution in [0.4, 0.5) is 0 Å². The summed E-state index contributed by atoms with van der Waals surface area (Å²) in [6.07, 6.45) is 9.84. The van der Waals surface area contributed by atoms with Gasteiger partial charge in [0.1, 0.15) is 11.2 Å². The van der Waals surface area contributed by atoms with Gasteiger partial charge in [-0.3, -0.25) is 0 Å².